The van der Waals surface area contributed by atoms with Gasteiger partial charge >= 0.3 is 0 Å². The molecule has 1 aliphatic heterocycles. The van der Waals surface area contributed by atoms with Crippen LogP contribution in [0.5, 0.6) is 0 Å². The fourth-order valence-corrected chi connectivity index (χ4v) is 4.37. The van der Waals surface area contributed by atoms with Crippen LogP contribution in [0.3, 0.4) is 0 Å². The Bertz CT molecular complexity index is 267. The summed E-state index contributed by atoms with van der Waals surface area (Å²) in [6, 6.07) is 0. The van der Waals surface area contributed by atoms with Crippen molar-refractivity contribution in [2.24, 2.45) is 22.5 Å². The van der Waals surface area contributed by atoms with Gasteiger partial charge in [-0.2, -0.15) is 0 Å². The zero-order valence-electron chi connectivity index (χ0n) is 8.60. The van der Waals surface area contributed by atoms with E-state index in [0.717, 1.165) is 19.1 Å². The summed E-state index contributed by atoms with van der Waals surface area (Å²) in [6.45, 7) is 6.48. The molecule has 0 amide bonds. The Morgan fingerprint density at radius 1 is 1.46 bits per heavy atom. The van der Waals surface area contributed by atoms with E-state index in [0.29, 0.717) is 10.8 Å². The molecule has 0 aromatic carbocycles. The molecular formula is C11H19NO. The molecule has 3 rings (SSSR count). The Morgan fingerprint density at radius 2 is 2.23 bits per heavy atom. The molecule has 3 aliphatic rings. The second-order valence-electron chi connectivity index (χ2n) is 5.68. The fourth-order valence-electron chi connectivity index (χ4n) is 4.37. The van der Waals surface area contributed by atoms with Gasteiger partial charge in [0.1, 0.15) is 0 Å². The van der Waals surface area contributed by atoms with Gasteiger partial charge in [0.25, 0.3) is 0 Å². The van der Waals surface area contributed by atoms with Gasteiger partial charge in [0.05, 0.1) is 12.2 Å². The van der Waals surface area contributed by atoms with E-state index >= 15 is 0 Å². The van der Waals surface area contributed by atoms with Gasteiger partial charge in [0.2, 0.25) is 0 Å². The molecule has 0 radical (unpaired) electrons. The van der Waals surface area contributed by atoms with Crippen LogP contribution >= 0.6 is 0 Å². The number of hydrogen-bond donors (Lipinski definition) is 1. The van der Waals surface area contributed by atoms with E-state index in [1.807, 2.05) is 0 Å². The summed E-state index contributed by atoms with van der Waals surface area (Å²) in [5, 5.41) is 0. The van der Waals surface area contributed by atoms with E-state index < -0.39 is 0 Å². The Morgan fingerprint density at radius 3 is 2.69 bits per heavy atom. The van der Waals surface area contributed by atoms with Gasteiger partial charge in [-0.05, 0) is 25.2 Å². The lowest BCUT2D eigenvalue weighted by molar-refractivity contribution is -0.0762. The molecule has 3 fully saturated rings. The van der Waals surface area contributed by atoms with E-state index in [-0.39, 0.29) is 5.60 Å². The predicted molar refractivity (Wildman–Crippen MR) is 51.3 cm³/mol. The Balaban J connectivity index is 2.14. The van der Waals surface area contributed by atoms with Crippen LogP contribution in [-0.4, -0.2) is 18.8 Å². The number of rotatable bonds is 1. The molecule has 2 saturated carbocycles. The third-order valence-corrected chi connectivity index (χ3v) is 5.71. The number of hydrogen-bond acceptors (Lipinski definition) is 2. The van der Waals surface area contributed by atoms with Crippen LogP contribution in [0.25, 0.3) is 0 Å². The molecule has 0 unspecified atom stereocenters. The third kappa shape index (κ3) is 0.581. The first-order valence-corrected chi connectivity index (χ1v) is 5.42. The van der Waals surface area contributed by atoms with Crippen LogP contribution in [0.1, 0.15) is 33.1 Å². The van der Waals surface area contributed by atoms with Gasteiger partial charge < -0.3 is 10.5 Å². The molecule has 2 nitrogen and oxygen atoms in total. The van der Waals surface area contributed by atoms with Gasteiger partial charge in [0, 0.05) is 17.4 Å². The lowest BCUT2D eigenvalue weighted by atomic mass is 9.66. The van der Waals surface area contributed by atoms with Crippen molar-refractivity contribution < 1.29 is 4.74 Å². The predicted octanol–water partition coefficient (Wildman–Crippen LogP) is 1.54. The zero-order chi connectivity index (χ0) is 9.32. The third-order valence-electron chi connectivity index (χ3n) is 5.71. The second kappa shape index (κ2) is 1.96. The van der Waals surface area contributed by atoms with Crippen molar-refractivity contribution in [2.45, 2.75) is 38.7 Å². The molecule has 13 heavy (non-hydrogen) atoms. The van der Waals surface area contributed by atoms with Gasteiger partial charge in [0.15, 0.2) is 0 Å². The summed E-state index contributed by atoms with van der Waals surface area (Å²) < 4.78 is 6.00. The molecule has 0 spiro atoms. The largest absolute Gasteiger partial charge is 0.372 e. The highest BCUT2D eigenvalue weighted by Gasteiger charge is 2.75. The first-order chi connectivity index (χ1) is 6.08. The van der Waals surface area contributed by atoms with Gasteiger partial charge in [-0.25, -0.2) is 0 Å². The summed E-state index contributed by atoms with van der Waals surface area (Å²) in [5.74, 6) is 0.884. The summed E-state index contributed by atoms with van der Waals surface area (Å²) in [7, 11) is 0. The maximum absolute atomic E-state index is 6.00. The molecule has 2 heteroatoms. The van der Waals surface area contributed by atoms with Crippen LogP contribution in [0.4, 0.5) is 0 Å². The van der Waals surface area contributed by atoms with Crippen LogP contribution in [0.15, 0.2) is 0 Å². The lowest BCUT2D eigenvalue weighted by Gasteiger charge is -2.40. The quantitative estimate of drug-likeness (QED) is 0.666. The molecule has 2 N–H and O–H groups in total. The van der Waals surface area contributed by atoms with Crippen molar-refractivity contribution in [3.05, 3.63) is 0 Å². The molecule has 1 heterocycles. The maximum Gasteiger partial charge on any atom is 0.0866 e. The van der Waals surface area contributed by atoms with Crippen molar-refractivity contribution in [3.8, 4) is 0 Å². The van der Waals surface area contributed by atoms with Gasteiger partial charge in [-0.3, -0.25) is 0 Å². The highest BCUT2D eigenvalue weighted by atomic mass is 16.5. The molecule has 74 valence electrons. The van der Waals surface area contributed by atoms with Gasteiger partial charge in [-0.15, -0.1) is 0 Å². The summed E-state index contributed by atoms with van der Waals surface area (Å²) in [6.07, 6.45) is 3.94. The van der Waals surface area contributed by atoms with Crippen LogP contribution in [0.2, 0.25) is 0 Å². The molecular weight excluding hydrogens is 162 g/mol. The zero-order valence-corrected chi connectivity index (χ0v) is 8.60. The SMILES string of the molecule is C[C@@]12CC[C@H]3C[C@]1(CN)OC[C@]32C. The molecule has 4 atom stereocenters. The monoisotopic (exact) mass is 181 g/mol. The first kappa shape index (κ1) is 8.25. The minimum Gasteiger partial charge on any atom is -0.372 e. The minimum atomic E-state index is 0.0463. The lowest BCUT2D eigenvalue weighted by Crippen LogP contribution is -2.49. The summed E-state index contributed by atoms with van der Waals surface area (Å²) >= 11 is 0. The van der Waals surface area contributed by atoms with Crippen molar-refractivity contribution in [1.29, 1.82) is 0 Å². The average molecular weight is 181 g/mol. The molecule has 4 bridgehead atoms. The van der Waals surface area contributed by atoms with Crippen LogP contribution < -0.4 is 5.73 Å². The van der Waals surface area contributed by atoms with Gasteiger partial charge in [-0.1, -0.05) is 13.8 Å². The van der Waals surface area contributed by atoms with Crippen molar-refractivity contribution in [3.63, 3.8) is 0 Å². The Kier molecular flexibility index (Phi) is 1.24. The average Bonchev–Trinajstić information content (AvgIpc) is 2.58. The molecule has 2 aliphatic carbocycles. The van der Waals surface area contributed by atoms with Crippen molar-refractivity contribution in [1.82, 2.24) is 0 Å². The number of nitrogens with two attached hydrogens (primary N) is 1. The van der Waals surface area contributed by atoms with E-state index in [1.165, 1.54) is 19.3 Å². The number of ether oxygens (including phenoxy) is 1. The van der Waals surface area contributed by atoms with Crippen LogP contribution in [0, 0.1) is 16.7 Å². The first-order valence-electron chi connectivity index (χ1n) is 5.42. The summed E-state index contributed by atoms with van der Waals surface area (Å²) in [5.41, 5.74) is 6.77. The summed E-state index contributed by atoms with van der Waals surface area (Å²) in [4.78, 5) is 0. The fraction of sp³-hybridized carbons (Fsp3) is 1.00. The smallest absolute Gasteiger partial charge is 0.0866 e. The van der Waals surface area contributed by atoms with Crippen LogP contribution in [-0.2, 0) is 4.74 Å². The minimum absolute atomic E-state index is 0.0463. The van der Waals surface area contributed by atoms with E-state index in [9.17, 15) is 0 Å². The maximum atomic E-state index is 6.00. The Labute approximate surface area is 79.8 Å². The second-order valence-corrected chi connectivity index (χ2v) is 5.68. The van der Waals surface area contributed by atoms with E-state index in [1.54, 1.807) is 0 Å². The highest BCUT2D eigenvalue weighted by molar-refractivity contribution is 5.24. The topological polar surface area (TPSA) is 35.2 Å². The van der Waals surface area contributed by atoms with Crippen molar-refractivity contribution in [2.75, 3.05) is 13.2 Å². The van der Waals surface area contributed by atoms with E-state index in [2.05, 4.69) is 13.8 Å². The molecule has 0 aromatic rings. The normalized spacial score (nSPS) is 63.5. The van der Waals surface area contributed by atoms with Crippen molar-refractivity contribution >= 4 is 0 Å². The molecule has 0 aromatic heterocycles. The standard InChI is InChI=1S/C11H19NO/c1-9-7-13-11(6-12)5-8(9)3-4-10(9,11)2/h8H,3-7,12H2,1-2H3/t8-,9+,10-,11+/m0/s1. The molecule has 1 saturated heterocycles. The Hall–Kier alpha value is -0.0800. The highest BCUT2D eigenvalue weighted by Crippen LogP contribution is 2.74. The van der Waals surface area contributed by atoms with E-state index in [4.69, 9.17) is 10.5 Å².